The molecular weight excluding hydrogens is 335 g/mol. The van der Waals surface area contributed by atoms with Crippen molar-refractivity contribution in [2.45, 2.75) is 0 Å². The fraction of sp³-hybridized carbons (Fsp3) is 0.143. The zero-order chi connectivity index (χ0) is 16.8. The Hall–Kier alpha value is -2.85. The van der Waals surface area contributed by atoms with Crippen LogP contribution < -0.4 is 25.8 Å². The van der Waals surface area contributed by atoms with Gasteiger partial charge in [-0.15, -0.1) is 0 Å². The summed E-state index contributed by atoms with van der Waals surface area (Å²) in [5.74, 6) is 6.98. The number of benzene rings is 1. The second-order valence-electron chi connectivity index (χ2n) is 5.11. The van der Waals surface area contributed by atoms with Crippen LogP contribution in [0.2, 0.25) is 0 Å². The van der Waals surface area contributed by atoms with E-state index in [1.54, 1.807) is 12.1 Å². The van der Waals surface area contributed by atoms with Crippen molar-refractivity contribution >= 4 is 38.9 Å². The maximum atomic E-state index is 14.1. The van der Waals surface area contributed by atoms with E-state index in [0.29, 0.717) is 22.8 Å². The first-order chi connectivity index (χ1) is 11.6. The topological polar surface area (TPSA) is 112 Å². The first-order valence-electron chi connectivity index (χ1n) is 6.99. The van der Waals surface area contributed by atoms with Gasteiger partial charge in [0.15, 0.2) is 11.7 Å². The van der Waals surface area contributed by atoms with Crippen LogP contribution in [-0.4, -0.2) is 29.6 Å². The fourth-order valence-corrected chi connectivity index (χ4v) is 3.41. The normalized spacial score (nSPS) is 13.4. The predicted octanol–water partition coefficient (Wildman–Crippen LogP) is 1.58. The van der Waals surface area contributed by atoms with Crippen molar-refractivity contribution in [1.29, 1.82) is 0 Å². The number of methoxy groups -OCH3 is 1. The monoisotopic (exact) mass is 348 g/mol. The number of nitrogens with zero attached hydrogens (tertiary/aromatic N) is 2. The van der Waals surface area contributed by atoms with E-state index in [0.717, 1.165) is 16.0 Å². The molecule has 0 radical (unpaired) electrons. The van der Waals surface area contributed by atoms with E-state index < -0.39 is 5.82 Å². The van der Waals surface area contributed by atoms with Crippen molar-refractivity contribution in [3.63, 3.8) is 0 Å². The molecule has 0 saturated carbocycles. The third-order valence-corrected chi connectivity index (χ3v) is 4.59. The van der Waals surface area contributed by atoms with Crippen LogP contribution in [0.4, 0.5) is 15.9 Å². The van der Waals surface area contributed by atoms with Crippen LogP contribution in [0, 0.1) is 5.82 Å². The summed E-state index contributed by atoms with van der Waals surface area (Å²) >= 11 is 1.06. The third kappa shape index (κ3) is 2.15. The molecule has 0 saturated heterocycles. The summed E-state index contributed by atoms with van der Waals surface area (Å²) in [4.78, 5) is 21.1. The minimum Gasteiger partial charge on any atom is -0.494 e. The number of halogens is 1. The number of amidine groups is 1. The molecule has 4 rings (SSSR count). The number of hydrazine groups is 1. The fourth-order valence-electron chi connectivity index (χ4n) is 2.66. The van der Waals surface area contributed by atoms with Gasteiger partial charge >= 0.3 is 4.87 Å². The Morgan fingerprint density at radius 1 is 1.46 bits per heavy atom. The Bertz CT molecular complexity index is 1020. The van der Waals surface area contributed by atoms with E-state index in [1.807, 2.05) is 0 Å². The zero-order valence-electron chi connectivity index (χ0n) is 12.5. The van der Waals surface area contributed by atoms with Crippen molar-refractivity contribution in [2.24, 2.45) is 10.8 Å². The van der Waals surface area contributed by atoms with Gasteiger partial charge in [0.2, 0.25) is 0 Å². The Labute approximate surface area is 138 Å². The number of aromatic nitrogens is 2. The lowest BCUT2D eigenvalue weighted by molar-refractivity contribution is 0.416. The number of ether oxygens (including phenoxy) is 1. The molecule has 124 valence electrons. The molecular formula is C14H13FN6O2S. The summed E-state index contributed by atoms with van der Waals surface area (Å²) in [6.45, 7) is 0.262. The lowest BCUT2D eigenvalue weighted by Crippen LogP contribution is -2.40. The standard InChI is InChI=1S/C14H13FN6O2S/c1-23-9-2-7-10(24-14(22)20-7)3-8(9)21(16)13-11-6(15)4-17-12(11)18-5-19-13/h2-4,17-18H,5,16H2,1H3,(H,20,22). The van der Waals surface area contributed by atoms with E-state index in [4.69, 9.17) is 10.6 Å². The van der Waals surface area contributed by atoms with Crippen LogP contribution in [0.1, 0.15) is 5.56 Å². The quantitative estimate of drug-likeness (QED) is 0.415. The van der Waals surface area contributed by atoms with Gasteiger partial charge in [-0.05, 0) is 6.07 Å². The number of nitrogens with two attached hydrogens (primary N) is 1. The van der Waals surface area contributed by atoms with Crippen LogP contribution >= 0.6 is 11.3 Å². The van der Waals surface area contributed by atoms with E-state index in [2.05, 4.69) is 20.3 Å². The molecule has 3 heterocycles. The number of rotatable bonds is 2. The molecule has 0 amide bonds. The lowest BCUT2D eigenvalue weighted by atomic mass is 10.2. The van der Waals surface area contributed by atoms with Gasteiger partial charge in [-0.2, -0.15) is 0 Å². The summed E-state index contributed by atoms with van der Waals surface area (Å²) in [7, 11) is 1.50. The van der Waals surface area contributed by atoms with E-state index in [-0.39, 0.29) is 22.9 Å². The average molecular weight is 348 g/mol. The van der Waals surface area contributed by atoms with Gasteiger partial charge in [0.25, 0.3) is 0 Å². The molecule has 0 aliphatic carbocycles. The molecule has 0 fully saturated rings. The number of fused-ring (bicyclic) bond motifs is 2. The minimum absolute atomic E-state index is 0.175. The highest BCUT2D eigenvalue weighted by molar-refractivity contribution is 7.16. The van der Waals surface area contributed by atoms with Gasteiger partial charge in [-0.25, -0.2) is 15.2 Å². The van der Waals surface area contributed by atoms with Crippen LogP contribution in [0.5, 0.6) is 5.75 Å². The van der Waals surface area contributed by atoms with Crippen molar-refractivity contribution in [2.75, 3.05) is 24.1 Å². The average Bonchev–Trinajstić information content (AvgIpc) is 3.14. The van der Waals surface area contributed by atoms with E-state index in [1.165, 1.54) is 18.3 Å². The summed E-state index contributed by atoms with van der Waals surface area (Å²) in [5, 5.41) is 4.20. The first-order valence-corrected chi connectivity index (χ1v) is 7.81. The number of nitrogens with one attached hydrogen (secondary N) is 3. The molecule has 1 aliphatic heterocycles. The molecule has 5 N–H and O–H groups in total. The molecule has 0 unspecified atom stereocenters. The summed E-state index contributed by atoms with van der Waals surface area (Å²) in [5.41, 5.74) is 1.39. The molecule has 8 nitrogen and oxygen atoms in total. The number of thiazole rings is 1. The van der Waals surface area contributed by atoms with Crippen LogP contribution in [0.25, 0.3) is 10.2 Å². The van der Waals surface area contributed by atoms with Crippen LogP contribution in [-0.2, 0) is 0 Å². The van der Waals surface area contributed by atoms with Gasteiger partial charge < -0.3 is 20.0 Å². The second kappa shape index (κ2) is 5.35. The number of aliphatic imine (C=N–C) groups is 1. The molecule has 24 heavy (non-hydrogen) atoms. The van der Waals surface area contributed by atoms with E-state index in [9.17, 15) is 9.18 Å². The van der Waals surface area contributed by atoms with E-state index >= 15 is 0 Å². The molecule has 0 bridgehead atoms. The second-order valence-corrected chi connectivity index (χ2v) is 6.12. The molecule has 0 atom stereocenters. The van der Waals surface area contributed by atoms with Gasteiger partial charge in [-0.3, -0.25) is 9.80 Å². The summed E-state index contributed by atoms with van der Waals surface area (Å²) in [6.07, 6.45) is 1.24. The first kappa shape index (κ1) is 14.7. The minimum atomic E-state index is -0.460. The Balaban J connectivity index is 1.86. The molecule has 1 aromatic carbocycles. The maximum Gasteiger partial charge on any atom is 0.305 e. The van der Waals surface area contributed by atoms with Crippen LogP contribution in [0.15, 0.2) is 28.1 Å². The SMILES string of the molecule is COc1cc2[nH]c(=O)sc2cc1N(N)C1=NCNc2[nH]cc(F)c21. The maximum absolute atomic E-state index is 14.1. The van der Waals surface area contributed by atoms with Gasteiger partial charge in [0, 0.05) is 12.3 Å². The number of hydrogen-bond acceptors (Lipinski definition) is 7. The predicted molar refractivity (Wildman–Crippen MR) is 91.4 cm³/mol. The highest BCUT2D eigenvalue weighted by Crippen LogP contribution is 2.34. The van der Waals surface area contributed by atoms with Crippen molar-refractivity contribution in [3.8, 4) is 5.75 Å². The summed E-state index contributed by atoms with van der Waals surface area (Å²) < 4.78 is 20.2. The third-order valence-electron chi connectivity index (χ3n) is 3.75. The van der Waals surface area contributed by atoms with Crippen molar-refractivity contribution < 1.29 is 9.13 Å². The van der Waals surface area contributed by atoms with Gasteiger partial charge in [0.1, 0.15) is 23.9 Å². The Morgan fingerprint density at radius 2 is 2.29 bits per heavy atom. The largest absolute Gasteiger partial charge is 0.494 e. The van der Waals surface area contributed by atoms with Crippen molar-refractivity contribution in [1.82, 2.24) is 9.97 Å². The smallest absolute Gasteiger partial charge is 0.305 e. The molecule has 2 aromatic heterocycles. The highest BCUT2D eigenvalue weighted by Gasteiger charge is 2.26. The van der Waals surface area contributed by atoms with Crippen molar-refractivity contribution in [3.05, 3.63) is 39.4 Å². The van der Waals surface area contributed by atoms with Crippen LogP contribution in [0.3, 0.4) is 0 Å². The molecule has 1 aliphatic rings. The Morgan fingerprint density at radius 3 is 3.08 bits per heavy atom. The molecule has 0 spiro atoms. The Kier molecular flexibility index (Phi) is 3.28. The lowest BCUT2D eigenvalue weighted by Gasteiger charge is -2.25. The van der Waals surface area contributed by atoms with Gasteiger partial charge in [-0.1, -0.05) is 11.3 Å². The highest BCUT2D eigenvalue weighted by atomic mass is 32.1. The summed E-state index contributed by atoms with van der Waals surface area (Å²) in [6, 6.07) is 3.39. The number of aromatic amines is 2. The molecule has 10 heteroatoms. The van der Waals surface area contributed by atoms with Gasteiger partial charge in [0.05, 0.1) is 22.9 Å². The number of hydrogen-bond donors (Lipinski definition) is 4. The number of anilines is 2. The number of H-pyrrole nitrogens is 2. The zero-order valence-corrected chi connectivity index (χ0v) is 13.3. The molecule has 3 aromatic rings.